The molecule has 0 aliphatic rings. The normalized spacial score (nSPS) is 11.6. The van der Waals surface area contributed by atoms with Crippen LogP contribution in [0.15, 0.2) is 73.8 Å². The molecule has 1 heterocycles. The molecule has 0 saturated carbocycles. The molecule has 4 aromatic rings. The van der Waals surface area contributed by atoms with E-state index in [-0.39, 0.29) is 5.75 Å². The predicted octanol–water partition coefficient (Wildman–Crippen LogP) is 3.19. The Morgan fingerprint density at radius 1 is 1.04 bits per heavy atom. The highest BCUT2D eigenvalue weighted by Crippen LogP contribution is 2.28. The van der Waals surface area contributed by atoms with Crippen LogP contribution in [0.1, 0.15) is 5.56 Å². The number of aromatic hydroxyl groups is 1. The van der Waals surface area contributed by atoms with Crippen molar-refractivity contribution < 1.29 is 5.11 Å². The number of phenolic OH excluding ortho intramolecular Hbond substituents is 1. The molecule has 0 unspecified atom stereocenters. The van der Waals surface area contributed by atoms with Crippen LogP contribution in [0.3, 0.4) is 0 Å². The summed E-state index contributed by atoms with van der Waals surface area (Å²) in [5.41, 5.74) is -0.295. The lowest BCUT2D eigenvalue weighted by Gasteiger charge is -2.06. The van der Waals surface area contributed by atoms with E-state index in [0.717, 1.165) is 19.9 Å². The summed E-state index contributed by atoms with van der Waals surface area (Å²) >= 11 is 3.41. The third kappa shape index (κ3) is 2.72. The summed E-state index contributed by atoms with van der Waals surface area (Å²) in [6.07, 6.45) is 1.32. The van der Waals surface area contributed by atoms with Gasteiger partial charge in [0.2, 0.25) is 0 Å². The zero-order chi connectivity index (χ0) is 18.3. The summed E-state index contributed by atoms with van der Waals surface area (Å²) in [4.78, 5) is 27.3. The standard InChI is InChI=1S/C19H12BrN3O3/c20-12-6-7-13-11(9-12)5-8-17(24)15(13)10-21-23-18(25)14-3-1-2-4-16(14)22-19(23)26/h1-10,24H,(H,22,26)/b21-10+. The van der Waals surface area contributed by atoms with E-state index in [1.807, 2.05) is 18.2 Å². The highest BCUT2D eigenvalue weighted by atomic mass is 79.9. The van der Waals surface area contributed by atoms with Gasteiger partial charge in [-0.2, -0.15) is 5.10 Å². The van der Waals surface area contributed by atoms with Gasteiger partial charge in [0, 0.05) is 10.0 Å². The first kappa shape index (κ1) is 16.3. The van der Waals surface area contributed by atoms with Crippen LogP contribution in [0.25, 0.3) is 21.7 Å². The van der Waals surface area contributed by atoms with Crippen LogP contribution in [0.4, 0.5) is 0 Å². The molecule has 4 rings (SSSR count). The van der Waals surface area contributed by atoms with Crippen LogP contribution in [-0.2, 0) is 0 Å². The topological polar surface area (TPSA) is 87.5 Å². The summed E-state index contributed by atoms with van der Waals surface area (Å²) in [5, 5.41) is 16.2. The van der Waals surface area contributed by atoms with Crippen molar-refractivity contribution in [3.05, 3.63) is 85.5 Å². The third-order valence-corrected chi connectivity index (χ3v) is 4.58. The molecule has 0 radical (unpaired) electrons. The van der Waals surface area contributed by atoms with Crippen molar-refractivity contribution in [1.29, 1.82) is 0 Å². The number of aromatic amines is 1. The quantitative estimate of drug-likeness (QED) is 0.498. The zero-order valence-corrected chi connectivity index (χ0v) is 14.9. The van der Waals surface area contributed by atoms with E-state index in [9.17, 15) is 14.7 Å². The van der Waals surface area contributed by atoms with Crippen LogP contribution in [0.2, 0.25) is 0 Å². The molecule has 0 amide bonds. The third-order valence-electron chi connectivity index (χ3n) is 4.09. The second-order valence-electron chi connectivity index (χ2n) is 5.70. The highest BCUT2D eigenvalue weighted by Gasteiger charge is 2.08. The molecule has 0 aliphatic carbocycles. The van der Waals surface area contributed by atoms with Gasteiger partial charge in [-0.05, 0) is 41.1 Å². The molecule has 0 spiro atoms. The second-order valence-corrected chi connectivity index (χ2v) is 6.62. The van der Waals surface area contributed by atoms with Gasteiger partial charge < -0.3 is 10.1 Å². The summed E-state index contributed by atoms with van der Waals surface area (Å²) in [5.74, 6) is 0.00818. The van der Waals surface area contributed by atoms with Crippen molar-refractivity contribution in [3.8, 4) is 5.75 Å². The van der Waals surface area contributed by atoms with E-state index < -0.39 is 11.2 Å². The number of para-hydroxylation sites is 1. The first-order chi connectivity index (χ1) is 12.5. The molecule has 3 aromatic carbocycles. The Morgan fingerprint density at radius 3 is 2.69 bits per heavy atom. The molecule has 0 bridgehead atoms. The maximum Gasteiger partial charge on any atom is 0.349 e. The minimum Gasteiger partial charge on any atom is -0.507 e. The molecule has 26 heavy (non-hydrogen) atoms. The lowest BCUT2D eigenvalue weighted by molar-refractivity contribution is 0.475. The van der Waals surface area contributed by atoms with Gasteiger partial charge in [-0.25, -0.2) is 4.79 Å². The monoisotopic (exact) mass is 409 g/mol. The Labute approximate surface area is 155 Å². The fourth-order valence-electron chi connectivity index (χ4n) is 2.82. The number of rotatable bonds is 2. The minimum absolute atomic E-state index is 0.00818. The summed E-state index contributed by atoms with van der Waals surface area (Å²) in [6, 6.07) is 15.6. The lowest BCUT2D eigenvalue weighted by Crippen LogP contribution is -2.32. The Balaban J connectivity index is 1.91. The predicted molar refractivity (Wildman–Crippen MR) is 105 cm³/mol. The molecular formula is C19H12BrN3O3. The lowest BCUT2D eigenvalue weighted by atomic mass is 10.0. The Hall–Kier alpha value is -3.19. The fourth-order valence-corrected chi connectivity index (χ4v) is 3.20. The molecule has 0 aliphatic heterocycles. The number of hydrogen-bond donors (Lipinski definition) is 2. The molecule has 7 heteroatoms. The molecule has 0 atom stereocenters. The van der Waals surface area contributed by atoms with Gasteiger partial charge >= 0.3 is 5.69 Å². The molecule has 2 N–H and O–H groups in total. The molecule has 6 nitrogen and oxygen atoms in total. The van der Waals surface area contributed by atoms with E-state index in [1.165, 1.54) is 6.21 Å². The summed E-state index contributed by atoms with van der Waals surface area (Å²) in [6.45, 7) is 0. The molecule has 0 saturated heterocycles. The number of aromatic nitrogens is 2. The first-order valence-corrected chi connectivity index (χ1v) is 8.53. The van der Waals surface area contributed by atoms with E-state index in [0.29, 0.717) is 16.5 Å². The minimum atomic E-state index is -0.646. The smallest absolute Gasteiger partial charge is 0.349 e. The average Bonchev–Trinajstić information content (AvgIpc) is 2.63. The Morgan fingerprint density at radius 2 is 1.85 bits per heavy atom. The summed E-state index contributed by atoms with van der Waals surface area (Å²) < 4.78 is 1.65. The van der Waals surface area contributed by atoms with Gasteiger partial charge in [0.1, 0.15) is 5.75 Å². The number of benzene rings is 3. The SMILES string of the molecule is O=c1[nH]c2ccccc2c(=O)n1/N=C/c1c(O)ccc2cc(Br)ccc12. The van der Waals surface area contributed by atoms with Gasteiger partial charge in [0.15, 0.2) is 0 Å². The first-order valence-electron chi connectivity index (χ1n) is 7.74. The maximum absolute atomic E-state index is 12.5. The van der Waals surface area contributed by atoms with E-state index >= 15 is 0 Å². The number of fused-ring (bicyclic) bond motifs is 2. The number of nitrogens with one attached hydrogen (secondary N) is 1. The molecular weight excluding hydrogens is 398 g/mol. The van der Waals surface area contributed by atoms with Crippen LogP contribution in [-0.4, -0.2) is 21.0 Å². The van der Waals surface area contributed by atoms with E-state index in [2.05, 4.69) is 26.0 Å². The van der Waals surface area contributed by atoms with E-state index in [1.54, 1.807) is 36.4 Å². The Bertz CT molecular complexity index is 1310. The van der Waals surface area contributed by atoms with Crippen molar-refractivity contribution in [2.24, 2.45) is 5.10 Å². The van der Waals surface area contributed by atoms with Crippen molar-refractivity contribution >= 4 is 43.8 Å². The number of phenols is 1. The molecule has 128 valence electrons. The highest BCUT2D eigenvalue weighted by molar-refractivity contribution is 9.10. The van der Waals surface area contributed by atoms with Crippen molar-refractivity contribution in [3.63, 3.8) is 0 Å². The van der Waals surface area contributed by atoms with Crippen LogP contribution in [0.5, 0.6) is 5.75 Å². The van der Waals surface area contributed by atoms with Crippen LogP contribution in [0, 0.1) is 0 Å². The van der Waals surface area contributed by atoms with Gasteiger partial charge in [0.25, 0.3) is 5.56 Å². The molecule has 1 aromatic heterocycles. The van der Waals surface area contributed by atoms with E-state index in [4.69, 9.17) is 0 Å². The maximum atomic E-state index is 12.5. The zero-order valence-electron chi connectivity index (χ0n) is 13.3. The second kappa shape index (κ2) is 6.27. The molecule has 0 fully saturated rings. The van der Waals surface area contributed by atoms with Crippen molar-refractivity contribution in [2.45, 2.75) is 0 Å². The van der Waals surface area contributed by atoms with Gasteiger partial charge in [-0.3, -0.25) is 4.79 Å². The summed E-state index contributed by atoms with van der Waals surface area (Å²) in [7, 11) is 0. The van der Waals surface area contributed by atoms with Gasteiger partial charge in [-0.1, -0.05) is 40.2 Å². The Kier molecular flexibility index (Phi) is 3.93. The van der Waals surface area contributed by atoms with Crippen molar-refractivity contribution in [2.75, 3.05) is 0 Å². The van der Waals surface area contributed by atoms with Gasteiger partial charge in [-0.15, -0.1) is 4.68 Å². The average molecular weight is 410 g/mol. The van der Waals surface area contributed by atoms with Crippen LogP contribution < -0.4 is 11.2 Å². The van der Waals surface area contributed by atoms with Gasteiger partial charge in [0.05, 0.1) is 17.1 Å². The number of hydrogen-bond acceptors (Lipinski definition) is 4. The number of halogens is 1. The van der Waals surface area contributed by atoms with Crippen LogP contribution >= 0.6 is 15.9 Å². The number of H-pyrrole nitrogens is 1. The van der Waals surface area contributed by atoms with Crippen molar-refractivity contribution in [1.82, 2.24) is 9.66 Å². The fraction of sp³-hybridized carbons (Fsp3) is 0. The largest absolute Gasteiger partial charge is 0.507 e. The number of nitrogens with zero attached hydrogens (tertiary/aromatic N) is 2.